The van der Waals surface area contributed by atoms with Gasteiger partial charge in [-0.1, -0.05) is 36.0 Å². The molecular formula is C17H14FN3O2S. The van der Waals surface area contributed by atoms with Crippen LogP contribution in [0.1, 0.15) is 11.1 Å². The highest BCUT2D eigenvalue weighted by Gasteiger charge is 2.15. The van der Waals surface area contributed by atoms with Crippen molar-refractivity contribution < 1.29 is 13.9 Å². The van der Waals surface area contributed by atoms with E-state index in [2.05, 4.69) is 15.5 Å². The van der Waals surface area contributed by atoms with E-state index in [0.717, 1.165) is 11.1 Å². The Morgan fingerprint density at radius 2 is 2.00 bits per heavy atom. The Morgan fingerprint density at radius 3 is 2.75 bits per heavy atom. The number of hydrogen-bond acceptors (Lipinski definition) is 5. The van der Waals surface area contributed by atoms with Crippen LogP contribution in [0.15, 0.2) is 58.7 Å². The third-order valence-corrected chi connectivity index (χ3v) is 4.02. The van der Waals surface area contributed by atoms with E-state index >= 15 is 0 Å². The number of amidine groups is 1. The van der Waals surface area contributed by atoms with E-state index in [1.54, 1.807) is 18.3 Å². The van der Waals surface area contributed by atoms with Crippen molar-refractivity contribution >= 4 is 29.1 Å². The van der Waals surface area contributed by atoms with E-state index in [9.17, 15) is 9.18 Å². The molecule has 7 heteroatoms. The van der Waals surface area contributed by atoms with Gasteiger partial charge < -0.3 is 10.1 Å². The monoisotopic (exact) mass is 343 g/mol. The van der Waals surface area contributed by atoms with E-state index < -0.39 is 0 Å². The van der Waals surface area contributed by atoms with E-state index in [4.69, 9.17) is 4.74 Å². The van der Waals surface area contributed by atoms with Crippen LogP contribution in [-0.4, -0.2) is 23.0 Å². The van der Waals surface area contributed by atoms with Gasteiger partial charge in [-0.25, -0.2) is 4.39 Å². The molecular weight excluding hydrogens is 329 g/mol. The molecule has 0 aromatic heterocycles. The molecule has 5 nitrogen and oxygen atoms in total. The summed E-state index contributed by atoms with van der Waals surface area (Å²) < 4.78 is 18.7. The van der Waals surface area contributed by atoms with Crippen LogP contribution in [-0.2, 0) is 11.4 Å². The number of thioether (sulfide) groups is 1. The first-order valence-corrected chi connectivity index (χ1v) is 8.19. The minimum atomic E-state index is -0.276. The second kappa shape index (κ2) is 7.74. The molecule has 0 atom stereocenters. The molecule has 0 bridgehead atoms. The van der Waals surface area contributed by atoms with Gasteiger partial charge in [0.1, 0.15) is 18.2 Å². The zero-order chi connectivity index (χ0) is 16.8. The summed E-state index contributed by atoms with van der Waals surface area (Å²) in [6, 6.07) is 13.6. The van der Waals surface area contributed by atoms with Gasteiger partial charge in [0, 0.05) is 5.56 Å². The number of benzene rings is 2. The summed E-state index contributed by atoms with van der Waals surface area (Å²) in [5, 5.41) is 11.0. The summed E-state index contributed by atoms with van der Waals surface area (Å²) in [7, 11) is 0. The van der Waals surface area contributed by atoms with Crippen LogP contribution in [0.25, 0.3) is 0 Å². The Bertz CT molecular complexity index is 791. The molecule has 24 heavy (non-hydrogen) atoms. The van der Waals surface area contributed by atoms with E-state index in [0.29, 0.717) is 23.3 Å². The molecule has 2 aromatic carbocycles. The van der Waals surface area contributed by atoms with Crippen LogP contribution in [0.2, 0.25) is 0 Å². The highest BCUT2D eigenvalue weighted by atomic mass is 32.2. The number of nitrogens with one attached hydrogen (secondary N) is 1. The van der Waals surface area contributed by atoms with Crippen molar-refractivity contribution in [2.45, 2.75) is 6.61 Å². The number of carbonyl (C=O) groups is 1. The van der Waals surface area contributed by atoms with Crippen molar-refractivity contribution in [3.05, 3.63) is 65.5 Å². The van der Waals surface area contributed by atoms with Crippen LogP contribution in [0, 0.1) is 5.82 Å². The lowest BCUT2D eigenvalue weighted by atomic mass is 10.2. The second-order valence-corrected chi connectivity index (χ2v) is 5.90. The zero-order valence-electron chi connectivity index (χ0n) is 12.6. The lowest BCUT2D eigenvalue weighted by molar-refractivity contribution is -0.116. The van der Waals surface area contributed by atoms with Crippen LogP contribution < -0.4 is 10.1 Å². The van der Waals surface area contributed by atoms with Gasteiger partial charge in [-0.2, -0.15) is 5.10 Å². The molecule has 1 saturated heterocycles. The molecule has 1 aliphatic heterocycles. The van der Waals surface area contributed by atoms with Crippen molar-refractivity contribution in [3.8, 4) is 5.75 Å². The Labute approximate surface area is 142 Å². The van der Waals surface area contributed by atoms with Crippen LogP contribution in [0.5, 0.6) is 5.75 Å². The number of amides is 1. The van der Waals surface area contributed by atoms with Crippen molar-refractivity contribution in [2.24, 2.45) is 10.2 Å². The fraction of sp³-hybridized carbons (Fsp3) is 0.118. The number of carbonyl (C=O) groups excluding carboxylic acids is 1. The molecule has 0 aliphatic carbocycles. The van der Waals surface area contributed by atoms with E-state index in [1.165, 1.54) is 23.9 Å². The lowest BCUT2D eigenvalue weighted by Crippen LogP contribution is -2.19. The molecule has 2 aromatic rings. The molecule has 3 rings (SSSR count). The summed E-state index contributed by atoms with van der Waals surface area (Å²) in [6.07, 6.45) is 1.57. The molecule has 1 heterocycles. The van der Waals surface area contributed by atoms with Gasteiger partial charge >= 0.3 is 0 Å². The predicted molar refractivity (Wildman–Crippen MR) is 92.8 cm³/mol. The highest BCUT2D eigenvalue weighted by Crippen LogP contribution is 2.18. The van der Waals surface area contributed by atoms with Gasteiger partial charge in [0.15, 0.2) is 5.17 Å². The first-order valence-electron chi connectivity index (χ1n) is 7.21. The van der Waals surface area contributed by atoms with Crippen molar-refractivity contribution in [2.75, 3.05) is 5.75 Å². The number of ether oxygens (including phenoxy) is 1. The fourth-order valence-corrected chi connectivity index (χ4v) is 2.61. The molecule has 122 valence electrons. The average molecular weight is 343 g/mol. The zero-order valence-corrected chi connectivity index (χ0v) is 13.4. The molecule has 1 aliphatic rings. The van der Waals surface area contributed by atoms with E-state index in [-0.39, 0.29) is 11.7 Å². The first-order chi connectivity index (χ1) is 11.7. The third kappa shape index (κ3) is 4.42. The van der Waals surface area contributed by atoms with Gasteiger partial charge in [0.2, 0.25) is 5.91 Å². The lowest BCUT2D eigenvalue weighted by Gasteiger charge is -2.08. The van der Waals surface area contributed by atoms with Gasteiger partial charge in [0.05, 0.1) is 12.0 Å². The normalized spacial score (nSPS) is 15.9. The standard InChI is InChI=1S/C17H14FN3O2S/c18-14-7-5-12(6-8-14)10-23-15-4-2-1-3-13(15)9-19-21-17-20-16(22)11-24-17/h1-9H,10-11H2,(H,20,21,22)/b19-9-. The van der Waals surface area contributed by atoms with Crippen LogP contribution >= 0.6 is 11.8 Å². The highest BCUT2D eigenvalue weighted by molar-refractivity contribution is 8.15. The van der Waals surface area contributed by atoms with Gasteiger partial charge in [-0.05, 0) is 29.8 Å². The van der Waals surface area contributed by atoms with Crippen molar-refractivity contribution in [1.82, 2.24) is 5.32 Å². The number of hydrogen-bond donors (Lipinski definition) is 1. The SMILES string of the molecule is O=C1CSC(=N/N=C\c2ccccc2OCc2ccc(F)cc2)N1. The average Bonchev–Trinajstić information content (AvgIpc) is 3.01. The maximum absolute atomic E-state index is 12.9. The molecule has 1 N–H and O–H groups in total. The molecule has 0 radical (unpaired) electrons. The summed E-state index contributed by atoms with van der Waals surface area (Å²) in [6.45, 7) is 0.325. The topological polar surface area (TPSA) is 63.0 Å². The molecule has 1 amide bonds. The van der Waals surface area contributed by atoms with Crippen LogP contribution in [0.4, 0.5) is 4.39 Å². The largest absolute Gasteiger partial charge is 0.488 e. The number of para-hydroxylation sites is 1. The van der Waals surface area contributed by atoms with Crippen molar-refractivity contribution in [1.29, 1.82) is 0 Å². The quantitative estimate of drug-likeness (QED) is 0.671. The summed E-state index contributed by atoms with van der Waals surface area (Å²) in [5.41, 5.74) is 1.63. The van der Waals surface area contributed by atoms with E-state index in [1.807, 2.05) is 24.3 Å². The third-order valence-electron chi connectivity index (χ3n) is 3.16. The van der Waals surface area contributed by atoms with Gasteiger partial charge in [-0.15, -0.1) is 5.10 Å². The minimum Gasteiger partial charge on any atom is -0.488 e. The van der Waals surface area contributed by atoms with Crippen molar-refractivity contribution in [3.63, 3.8) is 0 Å². The van der Waals surface area contributed by atoms with Gasteiger partial charge in [-0.3, -0.25) is 4.79 Å². The first kappa shape index (κ1) is 16.2. The minimum absolute atomic E-state index is 0.0722. The Kier molecular flexibility index (Phi) is 5.22. The fourth-order valence-electron chi connectivity index (χ4n) is 1.98. The maximum Gasteiger partial charge on any atom is 0.236 e. The maximum atomic E-state index is 12.9. The predicted octanol–water partition coefficient (Wildman–Crippen LogP) is 2.96. The molecule has 0 unspecified atom stereocenters. The Morgan fingerprint density at radius 1 is 1.21 bits per heavy atom. The number of nitrogens with zero attached hydrogens (tertiary/aromatic N) is 2. The molecule has 0 spiro atoms. The summed E-state index contributed by atoms with van der Waals surface area (Å²) >= 11 is 1.31. The number of rotatable bonds is 5. The van der Waals surface area contributed by atoms with Gasteiger partial charge in [0.25, 0.3) is 0 Å². The molecule has 0 saturated carbocycles. The Balaban J connectivity index is 1.66. The molecule has 1 fully saturated rings. The smallest absolute Gasteiger partial charge is 0.236 e. The Hall–Kier alpha value is -2.67. The van der Waals surface area contributed by atoms with Crippen LogP contribution in [0.3, 0.4) is 0 Å². The summed E-state index contributed by atoms with van der Waals surface area (Å²) in [5.74, 6) is 0.666. The second-order valence-electron chi connectivity index (χ2n) is 4.94. The summed E-state index contributed by atoms with van der Waals surface area (Å²) in [4.78, 5) is 11.1. The number of halogens is 1.